The summed E-state index contributed by atoms with van der Waals surface area (Å²) in [5, 5.41) is 0.740. The van der Waals surface area contributed by atoms with Crippen molar-refractivity contribution in [1.29, 1.82) is 0 Å². The second kappa shape index (κ2) is 4.43. The Kier molecular flexibility index (Phi) is 3.49. The normalized spacial score (nSPS) is 10.1. The number of hydrogen-bond acceptors (Lipinski definition) is 1. The minimum Gasteiger partial charge on any atom is -0.300 e. The minimum atomic E-state index is 0.222. The van der Waals surface area contributed by atoms with E-state index in [9.17, 15) is 4.79 Å². The van der Waals surface area contributed by atoms with Gasteiger partial charge in [-0.2, -0.15) is 0 Å². The molecule has 0 fully saturated rings. The van der Waals surface area contributed by atoms with Crippen molar-refractivity contribution >= 4 is 17.4 Å². The number of aryl methyl sites for hydroxylation is 2. The van der Waals surface area contributed by atoms with Crippen LogP contribution < -0.4 is 0 Å². The zero-order chi connectivity index (χ0) is 9.84. The number of ketones is 1. The maximum absolute atomic E-state index is 10.8. The van der Waals surface area contributed by atoms with Gasteiger partial charge in [0.15, 0.2) is 0 Å². The van der Waals surface area contributed by atoms with E-state index in [1.165, 1.54) is 11.1 Å². The lowest BCUT2D eigenvalue weighted by Gasteiger charge is -2.04. The quantitative estimate of drug-likeness (QED) is 0.726. The van der Waals surface area contributed by atoms with E-state index in [0.717, 1.165) is 11.4 Å². The van der Waals surface area contributed by atoms with Gasteiger partial charge in [-0.05, 0) is 43.5 Å². The van der Waals surface area contributed by atoms with Crippen LogP contribution in [0.4, 0.5) is 0 Å². The van der Waals surface area contributed by atoms with Gasteiger partial charge in [0, 0.05) is 11.4 Å². The SMILES string of the molecule is CC(=O)CCc1cc(Cl)ccc1C. The topological polar surface area (TPSA) is 17.1 Å². The zero-order valence-electron chi connectivity index (χ0n) is 7.93. The van der Waals surface area contributed by atoms with Gasteiger partial charge in [0.05, 0.1) is 0 Å². The van der Waals surface area contributed by atoms with Crippen LogP contribution in [0.2, 0.25) is 5.02 Å². The summed E-state index contributed by atoms with van der Waals surface area (Å²) in [6, 6.07) is 5.78. The highest BCUT2D eigenvalue weighted by Gasteiger charge is 2.01. The zero-order valence-corrected chi connectivity index (χ0v) is 8.69. The molecule has 0 aromatic heterocycles. The lowest BCUT2D eigenvalue weighted by Crippen LogP contribution is -1.95. The fourth-order valence-electron chi connectivity index (χ4n) is 1.22. The molecule has 70 valence electrons. The molecule has 0 amide bonds. The van der Waals surface area contributed by atoms with Gasteiger partial charge in [-0.25, -0.2) is 0 Å². The second-order valence-corrected chi connectivity index (χ2v) is 3.71. The van der Waals surface area contributed by atoms with Crippen molar-refractivity contribution in [2.24, 2.45) is 0 Å². The Morgan fingerprint density at radius 1 is 1.46 bits per heavy atom. The summed E-state index contributed by atoms with van der Waals surface area (Å²) in [4.78, 5) is 10.8. The fourth-order valence-corrected chi connectivity index (χ4v) is 1.41. The van der Waals surface area contributed by atoms with E-state index in [2.05, 4.69) is 0 Å². The molecule has 0 atom stereocenters. The molecule has 1 aromatic carbocycles. The summed E-state index contributed by atoms with van der Waals surface area (Å²) in [5.74, 6) is 0.222. The van der Waals surface area contributed by atoms with Crippen molar-refractivity contribution in [2.75, 3.05) is 0 Å². The van der Waals surface area contributed by atoms with Crippen LogP contribution in [0.3, 0.4) is 0 Å². The Balaban J connectivity index is 2.75. The van der Waals surface area contributed by atoms with Gasteiger partial charge in [-0.15, -0.1) is 0 Å². The molecule has 0 aliphatic rings. The third-order valence-electron chi connectivity index (χ3n) is 2.06. The van der Waals surface area contributed by atoms with Crippen molar-refractivity contribution in [2.45, 2.75) is 26.7 Å². The predicted molar refractivity (Wildman–Crippen MR) is 55.2 cm³/mol. The molecule has 0 unspecified atom stereocenters. The van der Waals surface area contributed by atoms with E-state index in [1.54, 1.807) is 6.92 Å². The molecule has 2 heteroatoms. The van der Waals surface area contributed by atoms with Crippen molar-refractivity contribution in [1.82, 2.24) is 0 Å². The van der Waals surface area contributed by atoms with Gasteiger partial charge in [-0.1, -0.05) is 17.7 Å². The van der Waals surface area contributed by atoms with Crippen LogP contribution in [0.1, 0.15) is 24.5 Å². The lowest BCUT2D eigenvalue weighted by atomic mass is 10.0. The van der Waals surface area contributed by atoms with E-state index in [1.807, 2.05) is 25.1 Å². The molecular weight excluding hydrogens is 184 g/mol. The van der Waals surface area contributed by atoms with Crippen LogP contribution in [0.15, 0.2) is 18.2 Å². The number of Topliss-reactive ketones (excluding diaryl/α,β-unsaturated/α-hetero) is 1. The minimum absolute atomic E-state index is 0.222. The summed E-state index contributed by atoms with van der Waals surface area (Å²) < 4.78 is 0. The van der Waals surface area contributed by atoms with E-state index < -0.39 is 0 Å². The van der Waals surface area contributed by atoms with Crippen LogP contribution in [0, 0.1) is 6.92 Å². The molecule has 0 saturated carbocycles. The van der Waals surface area contributed by atoms with Crippen LogP contribution in [-0.2, 0) is 11.2 Å². The van der Waals surface area contributed by atoms with Gasteiger partial charge in [0.25, 0.3) is 0 Å². The van der Waals surface area contributed by atoms with Gasteiger partial charge in [0.2, 0.25) is 0 Å². The fraction of sp³-hybridized carbons (Fsp3) is 0.364. The summed E-state index contributed by atoms with van der Waals surface area (Å²) in [6.07, 6.45) is 1.39. The monoisotopic (exact) mass is 196 g/mol. The van der Waals surface area contributed by atoms with Crippen LogP contribution >= 0.6 is 11.6 Å². The smallest absolute Gasteiger partial charge is 0.130 e. The molecule has 0 N–H and O–H groups in total. The average molecular weight is 197 g/mol. The number of benzene rings is 1. The van der Waals surface area contributed by atoms with Gasteiger partial charge in [-0.3, -0.25) is 0 Å². The van der Waals surface area contributed by atoms with Crippen LogP contribution in [0.25, 0.3) is 0 Å². The molecule has 0 aliphatic carbocycles. The molecule has 1 aromatic rings. The Morgan fingerprint density at radius 2 is 2.15 bits per heavy atom. The van der Waals surface area contributed by atoms with Gasteiger partial charge < -0.3 is 4.79 Å². The largest absolute Gasteiger partial charge is 0.300 e. The average Bonchev–Trinajstić information content (AvgIpc) is 2.06. The first kappa shape index (κ1) is 10.3. The van der Waals surface area contributed by atoms with Crippen molar-refractivity contribution < 1.29 is 4.79 Å². The Hall–Kier alpha value is -0.820. The number of carbonyl (C=O) groups is 1. The molecule has 0 saturated heterocycles. The highest BCUT2D eigenvalue weighted by Crippen LogP contribution is 2.16. The first-order chi connectivity index (χ1) is 6.09. The third kappa shape index (κ3) is 3.19. The van der Waals surface area contributed by atoms with Crippen LogP contribution in [0.5, 0.6) is 0 Å². The summed E-state index contributed by atoms with van der Waals surface area (Å²) in [7, 11) is 0. The molecule has 0 spiro atoms. The standard InChI is InChI=1S/C11H13ClO/c1-8-3-6-11(12)7-10(8)5-4-9(2)13/h3,6-7H,4-5H2,1-2H3. The van der Waals surface area contributed by atoms with Gasteiger partial charge >= 0.3 is 0 Å². The van der Waals surface area contributed by atoms with Crippen molar-refractivity contribution in [3.05, 3.63) is 34.3 Å². The van der Waals surface area contributed by atoms with Crippen LogP contribution in [-0.4, -0.2) is 5.78 Å². The maximum atomic E-state index is 10.8. The highest BCUT2D eigenvalue weighted by molar-refractivity contribution is 6.30. The Labute approximate surface area is 83.7 Å². The number of hydrogen-bond donors (Lipinski definition) is 0. The van der Waals surface area contributed by atoms with Crippen molar-refractivity contribution in [3.63, 3.8) is 0 Å². The Bertz CT molecular complexity index is 318. The molecule has 0 aliphatic heterocycles. The number of rotatable bonds is 3. The number of carbonyl (C=O) groups excluding carboxylic acids is 1. The molecule has 13 heavy (non-hydrogen) atoms. The first-order valence-corrected chi connectivity index (χ1v) is 4.72. The summed E-state index contributed by atoms with van der Waals surface area (Å²) >= 11 is 5.85. The lowest BCUT2D eigenvalue weighted by molar-refractivity contribution is -0.116. The van der Waals surface area contributed by atoms with Crippen molar-refractivity contribution in [3.8, 4) is 0 Å². The Morgan fingerprint density at radius 3 is 2.77 bits per heavy atom. The molecule has 0 heterocycles. The number of halogens is 1. The first-order valence-electron chi connectivity index (χ1n) is 4.34. The van der Waals surface area contributed by atoms with E-state index in [-0.39, 0.29) is 5.78 Å². The van der Waals surface area contributed by atoms with Gasteiger partial charge in [0.1, 0.15) is 5.78 Å². The summed E-state index contributed by atoms with van der Waals surface area (Å²) in [6.45, 7) is 3.64. The van der Waals surface area contributed by atoms with E-state index in [4.69, 9.17) is 11.6 Å². The molecular formula is C11H13ClO. The predicted octanol–water partition coefficient (Wildman–Crippen LogP) is 3.17. The third-order valence-corrected chi connectivity index (χ3v) is 2.29. The maximum Gasteiger partial charge on any atom is 0.130 e. The molecule has 0 bridgehead atoms. The molecule has 0 radical (unpaired) electrons. The molecule has 1 nitrogen and oxygen atoms in total. The molecule has 1 rings (SSSR count). The summed E-state index contributed by atoms with van der Waals surface area (Å²) in [5.41, 5.74) is 2.37. The second-order valence-electron chi connectivity index (χ2n) is 3.27. The highest BCUT2D eigenvalue weighted by atomic mass is 35.5. The van der Waals surface area contributed by atoms with E-state index >= 15 is 0 Å². The van der Waals surface area contributed by atoms with E-state index in [0.29, 0.717) is 6.42 Å².